The molecule has 4 heteroatoms. The van der Waals surface area contributed by atoms with E-state index in [1.807, 2.05) is 6.92 Å². The first-order valence-electron chi connectivity index (χ1n) is 7.73. The van der Waals surface area contributed by atoms with E-state index in [1.165, 1.54) is 13.2 Å². The molecule has 0 spiro atoms. The van der Waals surface area contributed by atoms with Crippen molar-refractivity contribution in [3.8, 4) is 5.75 Å². The number of benzene rings is 1. The summed E-state index contributed by atoms with van der Waals surface area (Å²) < 4.78 is 18.4. The maximum absolute atomic E-state index is 13.4. The van der Waals surface area contributed by atoms with Gasteiger partial charge in [0, 0.05) is 12.6 Å². The summed E-state index contributed by atoms with van der Waals surface area (Å²) in [4.78, 5) is 0. The molecule has 0 radical (unpaired) electrons. The number of aliphatic hydroxyl groups is 1. The van der Waals surface area contributed by atoms with Crippen molar-refractivity contribution in [1.82, 2.24) is 5.32 Å². The molecule has 0 amide bonds. The van der Waals surface area contributed by atoms with E-state index >= 15 is 0 Å². The number of halogens is 1. The number of methoxy groups -OCH3 is 1. The monoisotopic (exact) mass is 295 g/mol. The van der Waals surface area contributed by atoms with Crippen molar-refractivity contribution >= 4 is 0 Å². The van der Waals surface area contributed by atoms with Gasteiger partial charge in [-0.2, -0.15) is 0 Å². The molecular weight excluding hydrogens is 269 g/mol. The van der Waals surface area contributed by atoms with E-state index < -0.39 is 5.60 Å². The largest absolute Gasteiger partial charge is 0.494 e. The minimum Gasteiger partial charge on any atom is -0.494 e. The minimum absolute atomic E-state index is 0.0443. The van der Waals surface area contributed by atoms with E-state index in [4.69, 9.17) is 4.74 Å². The summed E-state index contributed by atoms with van der Waals surface area (Å²) in [5.74, 6) is 0.615. The van der Waals surface area contributed by atoms with Crippen molar-refractivity contribution < 1.29 is 14.2 Å². The Labute approximate surface area is 126 Å². The molecule has 1 atom stereocenters. The molecule has 0 saturated heterocycles. The van der Waals surface area contributed by atoms with Crippen LogP contribution < -0.4 is 10.1 Å². The van der Waals surface area contributed by atoms with Crippen LogP contribution in [0.1, 0.15) is 51.1 Å². The first kappa shape index (κ1) is 16.2. The van der Waals surface area contributed by atoms with E-state index in [9.17, 15) is 9.50 Å². The quantitative estimate of drug-likeness (QED) is 0.874. The molecule has 21 heavy (non-hydrogen) atoms. The van der Waals surface area contributed by atoms with Gasteiger partial charge in [0.05, 0.1) is 12.7 Å². The van der Waals surface area contributed by atoms with Gasteiger partial charge in [-0.1, -0.05) is 13.0 Å². The SMILES string of the molecule is COc1cc(C(C)NCC2(O)CCC(C)CC2)ccc1F. The van der Waals surface area contributed by atoms with Crippen molar-refractivity contribution in [3.63, 3.8) is 0 Å². The lowest BCUT2D eigenvalue weighted by Gasteiger charge is -2.36. The molecule has 1 aliphatic rings. The maximum atomic E-state index is 13.4. The summed E-state index contributed by atoms with van der Waals surface area (Å²) in [6.45, 7) is 4.82. The number of rotatable bonds is 5. The Hall–Kier alpha value is -1.13. The summed E-state index contributed by atoms with van der Waals surface area (Å²) in [6, 6.07) is 4.93. The summed E-state index contributed by atoms with van der Waals surface area (Å²) in [7, 11) is 1.46. The Morgan fingerprint density at radius 2 is 2.10 bits per heavy atom. The van der Waals surface area contributed by atoms with E-state index in [2.05, 4.69) is 12.2 Å². The van der Waals surface area contributed by atoms with E-state index in [0.717, 1.165) is 31.2 Å². The molecule has 2 rings (SSSR count). The molecule has 1 fully saturated rings. The fraction of sp³-hybridized carbons (Fsp3) is 0.647. The van der Waals surface area contributed by atoms with Crippen molar-refractivity contribution in [3.05, 3.63) is 29.6 Å². The van der Waals surface area contributed by atoms with Crippen LogP contribution in [0.15, 0.2) is 18.2 Å². The third-order valence-corrected chi connectivity index (χ3v) is 4.62. The Bertz CT molecular complexity index is 470. The average molecular weight is 295 g/mol. The van der Waals surface area contributed by atoms with Crippen LogP contribution in [0.25, 0.3) is 0 Å². The van der Waals surface area contributed by atoms with Crippen molar-refractivity contribution in [2.24, 2.45) is 5.92 Å². The van der Waals surface area contributed by atoms with E-state index in [1.54, 1.807) is 12.1 Å². The van der Waals surface area contributed by atoms with Gasteiger partial charge in [-0.25, -0.2) is 4.39 Å². The van der Waals surface area contributed by atoms with Crippen LogP contribution in [0.5, 0.6) is 5.75 Å². The Kier molecular flexibility index (Phi) is 5.22. The predicted octanol–water partition coefficient (Wildman–Crippen LogP) is 3.43. The van der Waals surface area contributed by atoms with Crippen molar-refractivity contribution in [1.29, 1.82) is 0 Å². The number of hydrogen-bond donors (Lipinski definition) is 2. The van der Waals surface area contributed by atoms with E-state index in [0.29, 0.717) is 12.5 Å². The lowest BCUT2D eigenvalue weighted by atomic mass is 9.79. The highest BCUT2D eigenvalue weighted by Crippen LogP contribution is 2.32. The van der Waals surface area contributed by atoms with Gasteiger partial charge in [0.1, 0.15) is 0 Å². The molecule has 2 N–H and O–H groups in total. The summed E-state index contributed by atoms with van der Waals surface area (Å²) in [5, 5.41) is 13.9. The van der Waals surface area contributed by atoms with Crippen molar-refractivity contribution in [2.75, 3.05) is 13.7 Å². The normalized spacial score (nSPS) is 27.4. The lowest BCUT2D eigenvalue weighted by Crippen LogP contribution is -2.44. The molecular formula is C17H26FNO2. The molecule has 0 bridgehead atoms. The standard InChI is InChI=1S/C17H26FNO2/c1-12-6-8-17(20,9-7-12)11-19-13(2)14-4-5-15(18)16(10-14)21-3/h4-5,10,12-13,19-20H,6-9,11H2,1-3H3. The van der Waals surface area contributed by atoms with Gasteiger partial charge in [0.25, 0.3) is 0 Å². The van der Waals surface area contributed by atoms with Gasteiger partial charge in [-0.3, -0.25) is 0 Å². The summed E-state index contributed by atoms with van der Waals surface area (Å²) in [6.07, 6.45) is 3.86. The van der Waals surface area contributed by atoms with Gasteiger partial charge < -0.3 is 15.2 Å². The average Bonchev–Trinajstić information content (AvgIpc) is 2.49. The maximum Gasteiger partial charge on any atom is 0.165 e. The van der Waals surface area contributed by atoms with Crippen LogP contribution >= 0.6 is 0 Å². The second-order valence-electron chi connectivity index (χ2n) is 6.40. The number of ether oxygens (including phenoxy) is 1. The molecule has 1 aromatic carbocycles. The minimum atomic E-state index is -0.606. The molecule has 0 heterocycles. The molecule has 1 saturated carbocycles. The van der Waals surface area contributed by atoms with Crippen molar-refractivity contribution in [2.45, 2.75) is 51.2 Å². The first-order chi connectivity index (χ1) is 9.93. The zero-order chi connectivity index (χ0) is 15.5. The fourth-order valence-corrected chi connectivity index (χ4v) is 2.88. The second kappa shape index (κ2) is 6.75. The molecule has 118 valence electrons. The zero-order valence-electron chi connectivity index (χ0n) is 13.2. The van der Waals surface area contributed by atoms with Crippen LogP contribution in [0, 0.1) is 11.7 Å². The Morgan fingerprint density at radius 1 is 1.43 bits per heavy atom. The third-order valence-electron chi connectivity index (χ3n) is 4.62. The number of nitrogens with one attached hydrogen (secondary N) is 1. The van der Waals surface area contributed by atoms with Crippen LogP contribution in [0.4, 0.5) is 4.39 Å². The summed E-state index contributed by atoms with van der Waals surface area (Å²) >= 11 is 0. The third kappa shape index (κ3) is 4.17. The van der Waals surface area contributed by atoms with Gasteiger partial charge >= 0.3 is 0 Å². The highest BCUT2D eigenvalue weighted by molar-refractivity contribution is 5.31. The Balaban J connectivity index is 1.94. The topological polar surface area (TPSA) is 41.5 Å². The number of hydrogen-bond acceptors (Lipinski definition) is 3. The van der Waals surface area contributed by atoms with Crippen LogP contribution in [-0.4, -0.2) is 24.4 Å². The highest BCUT2D eigenvalue weighted by atomic mass is 19.1. The van der Waals surface area contributed by atoms with E-state index in [-0.39, 0.29) is 17.6 Å². The second-order valence-corrected chi connectivity index (χ2v) is 6.40. The fourth-order valence-electron chi connectivity index (χ4n) is 2.88. The zero-order valence-corrected chi connectivity index (χ0v) is 13.2. The molecule has 1 aliphatic carbocycles. The van der Waals surface area contributed by atoms with Crippen LogP contribution in [-0.2, 0) is 0 Å². The lowest BCUT2D eigenvalue weighted by molar-refractivity contribution is -0.00784. The van der Waals surface area contributed by atoms with Gasteiger partial charge in [0.2, 0.25) is 0 Å². The molecule has 3 nitrogen and oxygen atoms in total. The first-order valence-corrected chi connectivity index (χ1v) is 7.73. The molecule has 0 aromatic heterocycles. The highest BCUT2D eigenvalue weighted by Gasteiger charge is 2.31. The Morgan fingerprint density at radius 3 is 2.71 bits per heavy atom. The molecule has 0 aliphatic heterocycles. The smallest absolute Gasteiger partial charge is 0.165 e. The summed E-state index contributed by atoms with van der Waals surface area (Å²) in [5.41, 5.74) is 0.353. The molecule has 1 aromatic rings. The van der Waals surface area contributed by atoms with Gasteiger partial charge in [-0.15, -0.1) is 0 Å². The van der Waals surface area contributed by atoms with Gasteiger partial charge in [0.15, 0.2) is 11.6 Å². The van der Waals surface area contributed by atoms with Gasteiger partial charge in [-0.05, 0) is 56.2 Å². The molecule has 1 unspecified atom stereocenters. The van der Waals surface area contributed by atoms with Crippen LogP contribution in [0.2, 0.25) is 0 Å². The predicted molar refractivity (Wildman–Crippen MR) is 82.0 cm³/mol. The van der Waals surface area contributed by atoms with Crippen LogP contribution in [0.3, 0.4) is 0 Å².